The van der Waals surface area contributed by atoms with Crippen molar-refractivity contribution >= 4 is 11.9 Å². The van der Waals surface area contributed by atoms with Crippen molar-refractivity contribution in [3.63, 3.8) is 0 Å². The van der Waals surface area contributed by atoms with Crippen molar-refractivity contribution in [2.45, 2.75) is 52.5 Å². The number of hydrogen-bond donors (Lipinski definition) is 2. The zero-order chi connectivity index (χ0) is 12.2. The monoisotopic (exact) mass is 225 g/mol. The summed E-state index contributed by atoms with van der Waals surface area (Å²) in [4.78, 5) is 16.2. The van der Waals surface area contributed by atoms with Gasteiger partial charge in [0.2, 0.25) is 0 Å². The van der Waals surface area contributed by atoms with Crippen LogP contribution in [0, 0.1) is 5.92 Å². The van der Waals surface area contributed by atoms with Gasteiger partial charge in [0.25, 0.3) is 5.91 Å². The lowest BCUT2D eigenvalue weighted by atomic mass is 9.85. The van der Waals surface area contributed by atoms with Crippen LogP contribution in [0.4, 0.5) is 0 Å². The van der Waals surface area contributed by atoms with Gasteiger partial charge in [0.1, 0.15) is 5.54 Å². The van der Waals surface area contributed by atoms with Gasteiger partial charge in [-0.15, -0.1) is 0 Å². The van der Waals surface area contributed by atoms with Gasteiger partial charge in [0.05, 0.1) is 0 Å². The lowest BCUT2D eigenvalue weighted by Crippen LogP contribution is -2.47. The number of carbonyl (C=O) groups is 1. The molecule has 0 aliphatic carbocycles. The molecule has 1 amide bonds. The second kappa shape index (κ2) is 5.32. The maximum Gasteiger partial charge on any atom is 0.252 e. The molecule has 1 aliphatic heterocycles. The van der Waals surface area contributed by atoms with E-state index in [4.69, 9.17) is 0 Å². The van der Waals surface area contributed by atoms with E-state index in [2.05, 4.69) is 29.5 Å². The third kappa shape index (κ3) is 2.54. The summed E-state index contributed by atoms with van der Waals surface area (Å²) in [6.07, 6.45) is 2.76. The number of guanidine groups is 1. The lowest BCUT2D eigenvalue weighted by molar-refractivity contribution is -0.124. The first-order chi connectivity index (χ1) is 7.57. The van der Waals surface area contributed by atoms with Crippen molar-refractivity contribution in [3.05, 3.63) is 0 Å². The van der Waals surface area contributed by atoms with Crippen LogP contribution in [0.1, 0.15) is 47.0 Å². The van der Waals surface area contributed by atoms with Crippen molar-refractivity contribution in [3.8, 4) is 0 Å². The Morgan fingerprint density at radius 3 is 2.56 bits per heavy atom. The highest BCUT2D eigenvalue weighted by molar-refractivity contribution is 6.09. The lowest BCUT2D eigenvalue weighted by Gasteiger charge is -2.27. The number of hydrogen-bond acceptors (Lipinski definition) is 2. The number of rotatable bonds is 5. The van der Waals surface area contributed by atoms with Crippen molar-refractivity contribution in [1.29, 1.82) is 0 Å². The molecule has 0 radical (unpaired) electrons. The van der Waals surface area contributed by atoms with Gasteiger partial charge in [-0.1, -0.05) is 27.2 Å². The van der Waals surface area contributed by atoms with Gasteiger partial charge in [-0.05, 0) is 25.7 Å². The molecule has 4 nitrogen and oxygen atoms in total. The highest BCUT2D eigenvalue weighted by Gasteiger charge is 2.43. The highest BCUT2D eigenvalue weighted by atomic mass is 16.2. The van der Waals surface area contributed by atoms with E-state index in [1.54, 1.807) is 0 Å². The van der Waals surface area contributed by atoms with Crippen LogP contribution in [0.25, 0.3) is 0 Å². The first-order valence-electron chi connectivity index (χ1n) is 6.22. The fraction of sp³-hybridized carbons (Fsp3) is 0.833. The smallest absolute Gasteiger partial charge is 0.252 e. The molecule has 1 rings (SSSR count). The number of nitrogens with zero attached hydrogens (tertiary/aromatic N) is 1. The van der Waals surface area contributed by atoms with Gasteiger partial charge in [-0.3, -0.25) is 15.1 Å². The summed E-state index contributed by atoms with van der Waals surface area (Å²) in [6.45, 7) is 9.03. The van der Waals surface area contributed by atoms with Crippen LogP contribution >= 0.6 is 0 Å². The van der Waals surface area contributed by atoms with Crippen LogP contribution in [0.2, 0.25) is 0 Å². The summed E-state index contributed by atoms with van der Waals surface area (Å²) in [5.74, 6) is 1.25. The van der Waals surface area contributed by atoms with Gasteiger partial charge in [0.15, 0.2) is 5.96 Å². The van der Waals surface area contributed by atoms with Crippen molar-refractivity contribution in [2.24, 2.45) is 10.9 Å². The average molecular weight is 225 g/mol. The van der Waals surface area contributed by atoms with E-state index in [0.717, 1.165) is 19.3 Å². The molecule has 0 saturated carbocycles. The molecule has 4 heteroatoms. The average Bonchev–Trinajstić information content (AvgIpc) is 2.56. The molecule has 1 heterocycles. The SMILES string of the molecule is CCN=C1NC(=O)C(CC)(CC(C)CC)N1. The van der Waals surface area contributed by atoms with E-state index in [9.17, 15) is 4.79 Å². The number of nitrogens with one attached hydrogen (secondary N) is 2. The largest absolute Gasteiger partial charge is 0.342 e. The minimum Gasteiger partial charge on any atom is -0.342 e. The maximum atomic E-state index is 12.0. The van der Waals surface area contributed by atoms with Crippen LogP contribution in [0.15, 0.2) is 4.99 Å². The Hall–Kier alpha value is -1.06. The van der Waals surface area contributed by atoms with Gasteiger partial charge >= 0.3 is 0 Å². The molecule has 16 heavy (non-hydrogen) atoms. The molecule has 2 atom stereocenters. The Kier molecular flexibility index (Phi) is 4.33. The van der Waals surface area contributed by atoms with E-state index >= 15 is 0 Å². The van der Waals surface area contributed by atoms with E-state index < -0.39 is 5.54 Å². The first-order valence-corrected chi connectivity index (χ1v) is 6.22. The van der Waals surface area contributed by atoms with Crippen LogP contribution < -0.4 is 10.6 Å². The molecule has 1 fully saturated rings. The molecule has 0 aromatic heterocycles. The summed E-state index contributed by atoms with van der Waals surface area (Å²) in [7, 11) is 0. The van der Waals surface area contributed by atoms with Crippen LogP contribution in [0.5, 0.6) is 0 Å². The highest BCUT2D eigenvalue weighted by Crippen LogP contribution is 2.25. The Morgan fingerprint density at radius 2 is 2.06 bits per heavy atom. The van der Waals surface area contributed by atoms with Crippen LogP contribution in [0.3, 0.4) is 0 Å². The predicted molar refractivity (Wildman–Crippen MR) is 66.3 cm³/mol. The molecule has 2 unspecified atom stereocenters. The van der Waals surface area contributed by atoms with Crippen LogP contribution in [-0.2, 0) is 4.79 Å². The third-order valence-electron chi connectivity index (χ3n) is 3.34. The second-order valence-electron chi connectivity index (χ2n) is 4.56. The molecule has 2 N–H and O–H groups in total. The number of carbonyl (C=O) groups excluding carboxylic acids is 1. The normalized spacial score (nSPS) is 29.0. The van der Waals surface area contributed by atoms with Crippen LogP contribution in [-0.4, -0.2) is 24.0 Å². The van der Waals surface area contributed by atoms with Crippen molar-refractivity contribution in [2.75, 3.05) is 6.54 Å². The summed E-state index contributed by atoms with van der Waals surface area (Å²) in [5, 5.41) is 6.09. The Bertz CT molecular complexity index is 288. The second-order valence-corrected chi connectivity index (χ2v) is 4.56. The van der Waals surface area contributed by atoms with E-state index in [1.165, 1.54) is 0 Å². The topological polar surface area (TPSA) is 53.5 Å². The molecule has 0 aromatic carbocycles. The quantitative estimate of drug-likeness (QED) is 0.747. The fourth-order valence-electron chi connectivity index (χ4n) is 2.06. The van der Waals surface area contributed by atoms with Crippen molar-refractivity contribution in [1.82, 2.24) is 10.6 Å². The summed E-state index contributed by atoms with van der Waals surface area (Å²) < 4.78 is 0. The Balaban J connectivity index is 2.80. The maximum absolute atomic E-state index is 12.0. The van der Waals surface area contributed by atoms with E-state index in [0.29, 0.717) is 18.4 Å². The number of amides is 1. The van der Waals surface area contributed by atoms with E-state index in [-0.39, 0.29) is 5.91 Å². The Labute approximate surface area is 97.9 Å². The standard InChI is InChI=1S/C12H23N3O/c1-5-9(4)8-12(6-2)10(16)14-11(15-12)13-7-3/h9H,5-8H2,1-4H3,(H2,13,14,15,16). The molecular formula is C12H23N3O. The van der Waals surface area contributed by atoms with Gasteiger partial charge in [-0.25, -0.2) is 0 Å². The zero-order valence-electron chi connectivity index (χ0n) is 10.8. The predicted octanol–water partition coefficient (Wildman–Crippen LogP) is 1.67. The van der Waals surface area contributed by atoms with E-state index in [1.807, 2.05) is 13.8 Å². The third-order valence-corrected chi connectivity index (χ3v) is 3.34. The minimum absolute atomic E-state index is 0.0718. The fourth-order valence-corrected chi connectivity index (χ4v) is 2.06. The Morgan fingerprint density at radius 1 is 1.38 bits per heavy atom. The first kappa shape index (κ1) is 13.0. The molecule has 92 valence electrons. The molecule has 1 saturated heterocycles. The molecule has 0 bridgehead atoms. The molecule has 1 aliphatic rings. The molecular weight excluding hydrogens is 202 g/mol. The minimum atomic E-state index is -0.441. The van der Waals surface area contributed by atoms with Gasteiger partial charge in [-0.2, -0.15) is 0 Å². The summed E-state index contributed by atoms with van der Waals surface area (Å²) in [6, 6.07) is 0. The summed E-state index contributed by atoms with van der Waals surface area (Å²) in [5.41, 5.74) is -0.441. The molecule has 0 aromatic rings. The zero-order valence-corrected chi connectivity index (χ0v) is 10.8. The number of aliphatic imine (C=N–C) groups is 1. The van der Waals surface area contributed by atoms with Crippen molar-refractivity contribution < 1.29 is 4.79 Å². The van der Waals surface area contributed by atoms with Gasteiger partial charge in [0, 0.05) is 6.54 Å². The molecule has 0 spiro atoms. The summed E-state index contributed by atoms with van der Waals surface area (Å²) >= 11 is 0. The van der Waals surface area contributed by atoms with Gasteiger partial charge < -0.3 is 5.32 Å².